The van der Waals surface area contributed by atoms with Crippen LogP contribution in [0.15, 0.2) is 18.2 Å². The van der Waals surface area contributed by atoms with E-state index >= 15 is 0 Å². The number of aliphatic carboxylic acids is 1. The van der Waals surface area contributed by atoms with Crippen molar-refractivity contribution < 1.29 is 27.2 Å². The first kappa shape index (κ1) is 14.7. The van der Waals surface area contributed by atoms with Crippen LogP contribution < -0.4 is 4.74 Å². The Morgan fingerprint density at radius 3 is 2.67 bits per heavy atom. The van der Waals surface area contributed by atoms with Gasteiger partial charge in [-0.15, -0.1) is 0 Å². The van der Waals surface area contributed by atoms with E-state index in [1.807, 2.05) is 0 Å². The van der Waals surface area contributed by atoms with Crippen LogP contribution in [-0.2, 0) is 25.7 Å². The fourth-order valence-corrected chi connectivity index (χ4v) is 1.65. The van der Waals surface area contributed by atoms with Crippen molar-refractivity contribution in [1.82, 2.24) is 0 Å². The number of halogens is 1. The van der Waals surface area contributed by atoms with Crippen LogP contribution >= 0.6 is 11.6 Å². The Hall–Kier alpha value is -1.31. The van der Waals surface area contributed by atoms with Crippen LogP contribution in [0.3, 0.4) is 0 Å². The van der Waals surface area contributed by atoms with Gasteiger partial charge in [-0.2, -0.15) is 8.42 Å². The lowest BCUT2D eigenvalue weighted by Crippen LogP contribution is -2.11. The maximum atomic E-state index is 10.9. The van der Waals surface area contributed by atoms with Gasteiger partial charge in [-0.3, -0.25) is 4.18 Å². The lowest BCUT2D eigenvalue weighted by molar-refractivity contribution is -0.139. The molecule has 1 aromatic rings. The second kappa shape index (κ2) is 6.03. The third kappa shape index (κ3) is 5.35. The Morgan fingerprint density at radius 2 is 2.11 bits per heavy atom. The molecule has 18 heavy (non-hydrogen) atoms. The molecule has 0 spiro atoms. The molecule has 1 rings (SSSR count). The monoisotopic (exact) mass is 294 g/mol. The number of carbonyl (C=O) groups is 1. The average Bonchev–Trinajstić information content (AvgIpc) is 2.23. The molecule has 0 fully saturated rings. The van der Waals surface area contributed by atoms with Gasteiger partial charge in [0.05, 0.1) is 12.9 Å². The smallest absolute Gasteiger partial charge is 0.341 e. The maximum Gasteiger partial charge on any atom is 0.341 e. The summed E-state index contributed by atoms with van der Waals surface area (Å²) in [7, 11) is -3.60. The van der Waals surface area contributed by atoms with Gasteiger partial charge in [0.15, 0.2) is 6.61 Å². The Kier molecular flexibility index (Phi) is 4.94. The summed E-state index contributed by atoms with van der Waals surface area (Å²) in [5.41, 5.74) is 0.356. The number of rotatable bonds is 6. The van der Waals surface area contributed by atoms with Crippen LogP contribution in [0.25, 0.3) is 0 Å². The summed E-state index contributed by atoms with van der Waals surface area (Å²) in [6.45, 7) is -0.804. The predicted molar refractivity (Wildman–Crippen MR) is 64.2 cm³/mol. The highest BCUT2D eigenvalue weighted by Crippen LogP contribution is 2.24. The van der Waals surface area contributed by atoms with Crippen LogP contribution in [0.5, 0.6) is 5.75 Å². The fourth-order valence-electron chi connectivity index (χ4n) is 1.11. The highest BCUT2D eigenvalue weighted by atomic mass is 35.5. The molecule has 0 atom stereocenters. The van der Waals surface area contributed by atoms with Crippen molar-refractivity contribution in [2.45, 2.75) is 6.61 Å². The van der Waals surface area contributed by atoms with Crippen LogP contribution in [0.4, 0.5) is 0 Å². The number of carboxylic acids is 1. The van der Waals surface area contributed by atoms with Gasteiger partial charge in [-0.1, -0.05) is 11.6 Å². The van der Waals surface area contributed by atoms with Crippen LogP contribution in [0.1, 0.15) is 5.56 Å². The molecular formula is C10H11ClO6S. The Balaban J connectivity index is 2.86. The number of hydrogen-bond donors (Lipinski definition) is 1. The second-order valence-corrected chi connectivity index (χ2v) is 5.48. The van der Waals surface area contributed by atoms with Gasteiger partial charge in [0.2, 0.25) is 0 Å². The third-order valence-electron chi connectivity index (χ3n) is 1.80. The Bertz CT molecular complexity index is 539. The zero-order valence-corrected chi connectivity index (χ0v) is 11.0. The molecule has 0 bridgehead atoms. The van der Waals surface area contributed by atoms with E-state index in [1.165, 1.54) is 18.2 Å². The number of ether oxygens (including phenoxy) is 1. The van der Waals surface area contributed by atoms with Crippen LogP contribution in [0, 0.1) is 0 Å². The maximum absolute atomic E-state index is 10.9. The van der Waals surface area contributed by atoms with Gasteiger partial charge in [0.1, 0.15) is 5.75 Å². The highest BCUT2D eigenvalue weighted by molar-refractivity contribution is 7.85. The molecule has 1 aromatic carbocycles. The quantitative estimate of drug-likeness (QED) is 0.795. The van der Waals surface area contributed by atoms with Crippen LogP contribution in [-0.4, -0.2) is 32.4 Å². The number of hydrogen-bond acceptors (Lipinski definition) is 5. The first-order chi connectivity index (χ1) is 8.28. The number of carboxylic acid groups (broad SMARTS) is 1. The lowest BCUT2D eigenvalue weighted by Gasteiger charge is -2.10. The minimum Gasteiger partial charge on any atom is -0.482 e. The summed E-state index contributed by atoms with van der Waals surface area (Å²) in [5.74, 6) is -0.926. The van der Waals surface area contributed by atoms with Gasteiger partial charge in [-0.05, 0) is 18.2 Å². The van der Waals surface area contributed by atoms with Crippen molar-refractivity contribution in [3.8, 4) is 5.75 Å². The Labute approximate surface area is 109 Å². The molecule has 0 unspecified atom stereocenters. The van der Waals surface area contributed by atoms with Gasteiger partial charge < -0.3 is 9.84 Å². The van der Waals surface area contributed by atoms with Crippen molar-refractivity contribution in [2.24, 2.45) is 0 Å². The molecule has 0 radical (unpaired) electrons. The largest absolute Gasteiger partial charge is 0.482 e. The minimum absolute atomic E-state index is 0.213. The molecule has 0 aliphatic rings. The van der Waals surface area contributed by atoms with Crippen molar-refractivity contribution in [1.29, 1.82) is 0 Å². The summed E-state index contributed by atoms with van der Waals surface area (Å²) < 4.78 is 31.3. The van der Waals surface area contributed by atoms with Crippen LogP contribution in [0.2, 0.25) is 5.02 Å². The van der Waals surface area contributed by atoms with E-state index in [-0.39, 0.29) is 12.4 Å². The zero-order chi connectivity index (χ0) is 13.8. The normalized spacial score (nSPS) is 11.2. The van der Waals surface area contributed by atoms with E-state index in [0.29, 0.717) is 10.6 Å². The van der Waals surface area contributed by atoms with Crippen molar-refractivity contribution >= 4 is 27.7 Å². The molecular weight excluding hydrogens is 284 g/mol. The van der Waals surface area contributed by atoms with Gasteiger partial charge >= 0.3 is 5.97 Å². The van der Waals surface area contributed by atoms with Crippen molar-refractivity contribution in [2.75, 3.05) is 12.9 Å². The summed E-state index contributed by atoms with van der Waals surface area (Å²) >= 11 is 5.75. The van der Waals surface area contributed by atoms with E-state index in [0.717, 1.165) is 6.26 Å². The van der Waals surface area contributed by atoms with Gasteiger partial charge in [-0.25, -0.2) is 4.79 Å². The average molecular weight is 295 g/mol. The van der Waals surface area contributed by atoms with Crippen molar-refractivity contribution in [3.63, 3.8) is 0 Å². The molecule has 0 heterocycles. The molecule has 0 aromatic heterocycles. The first-order valence-electron chi connectivity index (χ1n) is 4.75. The molecule has 0 amide bonds. The summed E-state index contributed by atoms with van der Waals surface area (Å²) in [6, 6.07) is 4.40. The standard InChI is InChI=1S/C10H11ClO6S/c1-18(14,15)17-5-7-4-8(11)2-3-9(7)16-6-10(12)13/h2-4H,5-6H2,1H3,(H,12,13). The summed E-state index contributed by atoms with van der Waals surface area (Å²) in [6.07, 6.45) is 0.912. The van der Waals surface area contributed by atoms with E-state index in [4.69, 9.17) is 21.4 Å². The van der Waals surface area contributed by atoms with E-state index < -0.39 is 22.7 Å². The summed E-state index contributed by atoms with van der Waals surface area (Å²) in [5, 5.41) is 8.87. The second-order valence-electron chi connectivity index (χ2n) is 3.40. The molecule has 0 aliphatic heterocycles. The molecule has 0 aliphatic carbocycles. The summed E-state index contributed by atoms with van der Waals surface area (Å²) in [4.78, 5) is 10.4. The van der Waals surface area contributed by atoms with Gasteiger partial charge in [0, 0.05) is 10.6 Å². The molecule has 6 nitrogen and oxygen atoms in total. The first-order valence-corrected chi connectivity index (χ1v) is 6.95. The molecule has 100 valence electrons. The molecule has 1 N–H and O–H groups in total. The van der Waals surface area contributed by atoms with Gasteiger partial charge in [0.25, 0.3) is 10.1 Å². The third-order valence-corrected chi connectivity index (χ3v) is 2.58. The SMILES string of the molecule is CS(=O)(=O)OCc1cc(Cl)ccc1OCC(=O)O. The molecule has 0 saturated carbocycles. The fraction of sp³-hybridized carbons (Fsp3) is 0.300. The zero-order valence-electron chi connectivity index (χ0n) is 9.42. The van der Waals surface area contributed by atoms with Crippen molar-refractivity contribution in [3.05, 3.63) is 28.8 Å². The molecule has 0 saturated heterocycles. The highest BCUT2D eigenvalue weighted by Gasteiger charge is 2.10. The predicted octanol–water partition coefficient (Wildman–Crippen LogP) is 1.28. The minimum atomic E-state index is -3.60. The van der Waals surface area contributed by atoms with E-state index in [2.05, 4.69) is 4.18 Å². The number of benzene rings is 1. The van der Waals surface area contributed by atoms with E-state index in [9.17, 15) is 13.2 Å². The lowest BCUT2D eigenvalue weighted by atomic mass is 10.2. The molecule has 8 heteroatoms. The topological polar surface area (TPSA) is 89.9 Å². The Morgan fingerprint density at radius 1 is 1.44 bits per heavy atom. The van der Waals surface area contributed by atoms with E-state index in [1.54, 1.807) is 0 Å².